The van der Waals surface area contributed by atoms with Crippen LogP contribution in [0.3, 0.4) is 0 Å². The summed E-state index contributed by atoms with van der Waals surface area (Å²) in [6, 6.07) is 11.2. The van der Waals surface area contributed by atoms with Gasteiger partial charge in [-0.25, -0.2) is 0 Å². The molecule has 0 radical (unpaired) electrons. The zero-order valence-electron chi connectivity index (χ0n) is 17.9. The van der Waals surface area contributed by atoms with Crippen LogP contribution in [-0.4, -0.2) is 48.7 Å². The first-order chi connectivity index (χ1) is 13.6. The summed E-state index contributed by atoms with van der Waals surface area (Å²) >= 11 is 0. The third-order valence-electron chi connectivity index (χ3n) is 5.56. The van der Waals surface area contributed by atoms with Gasteiger partial charge in [-0.2, -0.15) is 0 Å². The molecule has 0 amide bonds. The predicted octanol–water partition coefficient (Wildman–Crippen LogP) is 3.84. The average molecular weight is 511 g/mol. The van der Waals surface area contributed by atoms with Crippen molar-refractivity contribution in [1.29, 1.82) is 0 Å². The van der Waals surface area contributed by atoms with E-state index in [-0.39, 0.29) is 24.0 Å². The van der Waals surface area contributed by atoms with E-state index in [1.54, 1.807) is 0 Å². The van der Waals surface area contributed by atoms with E-state index in [1.165, 1.54) is 11.1 Å². The number of aryl methyl sites for hydroxylation is 2. The first-order valence-corrected chi connectivity index (χ1v) is 10.2. The number of piperidine rings is 1. The van der Waals surface area contributed by atoms with Gasteiger partial charge in [-0.05, 0) is 32.3 Å². The van der Waals surface area contributed by atoms with Crippen LogP contribution in [0.2, 0.25) is 0 Å². The molecule has 0 spiro atoms. The number of aliphatic imine (C=N–C) groups is 1. The molecule has 3 rings (SSSR count). The summed E-state index contributed by atoms with van der Waals surface area (Å²) < 4.78 is 5.30. The molecule has 0 saturated carbocycles. The molecule has 1 aliphatic heterocycles. The molecular weight excluding hydrogens is 477 g/mol. The van der Waals surface area contributed by atoms with Crippen molar-refractivity contribution >= 4 is 29.9 Å². The second-order valence-corrected chi connectivity index (χ2v) is 7.77. The number of likely N-dealkylation sites (tertiary alicyclic amines) is 1. The van der Waals surface area contributed by atoms with Gasteiger partial charge < -0.3 is 15.2 Å². The number of aromatic nitrogens is 1. The third-order valence-corrected chi connectivity index (χ3v) is 5.56. The summed E-state index contributed by atoms with van der Waals surface area (Å²) in [5.41, 5.74) is 3.55. The van der Waals surface area contributed by atoms with Gasteiger partial charge >= 0.3 is 0 Å². The van der Waals surface area contributed by atoms with Crippen LogP contribution in [0, 0.1) is 13.8 Å². The Bertz CT molecular complexity index is 749. The van der Waals surface area contributed by atoms with Crippen molar-refractivity contribution in [3.8, 4) is 0 Å². The van der Waals surface area contributed by atoms with Gasteiger partial charge in [0, 0.05) is 50.7 Å². The third kappa shape index (κ3) is 6.70. The van der Waals surface area contributed by atoms with E-state index in [2.05, 4.69) is 62.9 Å². The van der Waals surface area contributed by atoms with Gasteiger partial charge in [0.2, 0.25) is 0 Å². The zero-order chi connectivity index (χ0) is 19.9. The lowest BCUT2D eigenvalue weighted by molar-refractivity contribution is 0.198. The molecule has 1 aliphatic rings. The summed E-state index contributed by atoms with van der Waals surface area (Å²) in [4.78, 5) is 6.94. The Morgan fingerprint density at radius 3 is 2.52 bits per heavy atom. The lowest BCUT2D eigenvalue weighted by atomic mass is 9.99. The highest BCUT2D eigenvalue weighted by Crippen LogP contribution is 2.22. The molecule has 1 saturated heterocycles. The second kappa shape index (κ2) is 11.5. The van der Waals surface area contributed by atoms with E-state index < -0.39 is 0 Å². The minimum Gasteiger partial charge on any atom is -0.361 e. The Hall–Kier alpha value is -1.61. The Labute approximate surface area is 191 Å². The van der Waals surface area contributed by atoms with Gasteiger partial charge in [0.1, 0.15) is 5.76 Å². The fourth-order valence-electron chi connectivity index (χ4n) is 4.01. The normalized spacial score (nSPS) is 16.9. The number of hydrogen-bond donors (Lipinski definition) is 2. The number of hydrogen-bond acceptors (Lipinski definition) is 4. The monoisotopic (exact) mass is 511 g/mol. The molecule has 7 heteroatoms. The summed E-state index contributed by atoms with van der Waals surface area (Å²) in [5, 5.41) is 11.1. The van der Waals surface area contributed by atoms with Crippen molar-refractivity contribution in [2.24, 2.45) is 4.99 Å². The maximum absolute atomic E-state index is 5.30. The molecule has 6 nitrogen and oxygen atoms in total. The number of nitrogens with zero attached hydrogens (tertiary/aromatic N) is 3. The summed E-state index contributed by atoms with van der Waals surface area (Å²) in [6.07, 6.45) is 2.26. The van der Waals surface area contributed by atoms with Crippen molar-refractivity contribution < 1.29 is 4.52 Å². The Kier molecular flexibility index (Phi) is 9.42. The van der Waals surface area contributed by atoms with Crippen molar-refractivity contribution in [1.82, 2.24) is 20.7 Å². The van der Waals surface area contributed by atoms with Crippen LogP contribution < -0.4 is 10.6 Å². The first kappa shape index (κ1) is 23.7. The van der Waals surface area contributed by atoms with Crippen LogP contribution in [0.5, 0.6) is 0 Å². The quantitative estimate of drug-likeness (QED) is 0.351. The molecule has 0 bridgehead atoms. The maximum atomic E-state index is 5.30. The van der Waals surface area contributed by atoms with Gasteiger partial charge in [-0.1, -0.05) is 42.4 Å². The number of halogens is 1. The van der Waals surface area contributed by atoms with Crippen LogP contribution in [0.15, 0.2) is 39.8 Å². The Morgan fingerprint density at radius 1 is 1.24 bits per heavy atom. The van der Waals surface area contributed by atoms with Crippen molar-refractivity contribution in [2.45, 2.75) is 52.1 Å². The number of guanidine groups is 1. The molecular formula is C22H34IN5O. The molecule has 2 aromatic rings. The van der Waals surface area contributed by atoms with E-state index in [4.69, 9.17) is 4.52 Å². The lowest BCUT2D eigenvalue weighted by Gasteiger charge is -2.33. The molecule has 29 heavy (non-hydrogen) atoms. The maximum Gasteiger partial charge on any atom is 0.191 e. The van der Waals surface area contributed by atoms with E-state index in [0.29, 0.717) is 12.0 Å². The molecule has 1 aromatic carbocycles. The highest BCUT2D eigenvalue weighted by atomic mass is 127. The van der Waals surface area contributed by atoms with E-state index in [0.717, 1.165) is 56.4 Å². The zero-order valence-corrected chi connectivity index (χ0v) is 20.3. The van der Waals surface area contributed by atoms with Gasteiger partial charge in [0.25, 0.3) is 0 Å². The summed E-state index contributed by atoms with van der Waals surface area (Å²) in [5.74, 6) is 2.10. The topological polar surface area (TPSA) is 65.7 Å². The molecule has 1 unspecified atom stereocenters. The van der Waals surface area contributed by atoms with Gasteiger partial charge in [0.05, 0.1) is 5.69 Å². The minimum atomic E-state index is 0. The first-order valence-electron chi connectivity index (χ1n) is 10.2. The largest absolute Gasteiger partial charge is 0.361 e. The van der Waals surface area contributed by atoms with Crippen LogP contribution in [0.25, 0.3) is 0 Å². The fraction of sp³-hybridized carbons (Fsp3) is 0.545. The van der Waals surface area contributed by atoms with Gasteiger partial charge in [-0.3, -0.25) is 9.89 Å². The average Bonchev–Trinajstić information content (AvgIpc) is 3.05. The predicted molar refractivity (Wildman–Crippen MR) is 129 cm³/mol. The molecule has 2 N–H and O–H groups in total. The smallest absolute Gasteiger partial charge is 0.191 e. The highest BCUT2D eigenvalue weighted by molar-refractivity contribution is 14.0. The van der Waals surface area contributed by atoms with Crippen LogP contribution in [-0.2, 0) is 6.54 Å². The van der Waals surface area contributed by atoms with Crippen LogP contribution >= 0.6 is 24.0 Å². The highest BCUT2D eigenvalue weighted by Gasteiger charge is 2.21. The number of nitrogens with one attached hydrogen (secondary N) is 2. The van der Waals surface area contributed by atoms with Gasteiger partial charge in [0.15, 0.2) is 5.96 Å². The molecule has 0 aliphatic carbocycles. The lowest BCUT2D eigenvalue weighted by Crippen LogP contribution is -2.49. The van der Waals surface area contributed by atoms with E-state index in [9.17, 15) is 0 Å². The SMILES string of the molecule is CN=C(NCC(C)c1c(C)noc1C)NC1CCN(Cc2ccccc2)CC1.I. The molecule has 160 valence electrons. The van der Waals surface area contributed by atoms with Crippen molar-refractivity contribution in [3.63, 3.8) is 0 Å². The minimum absolute atomic E-state index is 0. The summed E-state index contributed by atoms with van der Waals surface area (Å²) in [7, 11) is 1.83. The second-order valence-electron chi connectivity index (χ2n) is 7.77. The van der Waals surface area contributed by atoms with Crippen LogP contribution in [0.1, 0.15) is 48.3 Å². The molecule has 1 fully saturated rings. The van der Waals surface area contributed by atoms with Crippen molar-refractivity contribution in [2.75, 3.05) is 26.7 Å². The van der Waals surface area contributed by atoms with E-state index >= 15 is 0 Å². The molecule has 1 aromatic heterocycles. The standard InChI is InChI=1S/C22H33N5O.HI/c1-16(21-17(2)26-28-18(21)3)14-24-22(23-4)25-20-10-12-27(13-11-20)15-19-8-6-5-7-9-19;/h5-9,16,20H,10-15H2,1-4H3,(H2,23,24,25);1H. The number of rotatable bonds is 6. The molecule has 1 atom stereocenters. The Balaban J connectivity index is 0.00000300. The fourth-order valence-corrected chi connectivity index (χ4v) is 4.01. The van der Waals surface area contributed by atoms with Gasteiger partial charge in [-0.15, -0.1) is 24.0 Å². The van der Waals surface area contributed by atoms with E-state index in [1.807, 2.05) is 20.9 Å². The molecule has 2 heterocycles. The Morgan fingerprint density at radius 2 is 1.93 bits per heavy atom. The summed E-state index contributed by atoms with van der Waals surface area (Å²) in [6.45, 7) is 10.2. The van der Waals surface area contributed by atoms with Crippen LogP contribution in [0.4, 0.5) is 0 Å². The van der Waals surface area contributed by atoms with Crippen molar-refractivity contribution in [3.05, 3.63) is 52.9 Å². The number of benzene rings is 1.